The van der Waals surface area contributed by atoms with Crippen molar-refractivity contribution < 1.29 is 18.7 Å². The maximum atomic E-state index is 12.8. The summed E-state index contributed by atoms with van der Waals surface area (Å²) in [7, 11) is 1.61. The van der Waals surface area contributed by atoms with E-state index in [2.05, 4.69) is 10.3 Å². The molecule has 0 unspecified atom stereocenters. The lowest BCUT2D eigenvalue weighted by atomic mass is 10.1. The van der Waals surface area contributed by atoms with Crippen LogP contribution in [0.1, 0.15) is 29.0 Å². The fourth-order valence-corrected chi connectivity index (χ4v) is 3.26. The third kappa shape index (κ3) is 5.32. The number of rotatable bonds is 7. The van der Waals surface area contributed by atoms with Gasteiger partial charge in [0.05, 0.1) is 12.9 Å². The summed E-state index contributed by atoms with van der Waals surface area (Å²) in [6, 6.07) is 6.87. The highest BCUT2D eigenvalue weighted by molar-refractivity contribution is 5.91. The molecule has 1 aliphatic rings. The third-order valence-corrected chi connectivity index (χ3v) is 4.74. The number of methoxy groups -OCH3 is 1. The van der Waals surface area contributed by atoms with Crippen molar-refractivity contribution in [1.29, 1.82) is 0 Å². The van der Waals surface area contributed by atoms with Gasteiger partial charge < -0.3 is 24.3 Å². The van der Waals surface area contributed by atoms with Crippen LogP contribution in [0.25, 0.3) is 0 Å². The summed E-state index contributed by atoms with van der Waals surface area (Å²) in [5.74, 6) is 0.184. The van der Waals surface area contributed by atoms with Crippen molar-refractivity contribution >= 4 is 11.9 Å². The van der Waals surface area contributed by atoms with Crippen LogP contribution in [0.3, 0.4) is 0 Å². The van der Waals surface area contributed by atoms with E-state index in [1.54, 1.807) is 41.4 Å². The quantitative estimate of drug-likeness (QED) is 0.788. The molecule has 0 spiro atoms. The topological polar surface area (TPSA) is 87.9 Å². The molecule has 2 aromatic heterocycles. The lowest BCUT2D eigenvalue weighted by Gasteiger charge is -2.34. The van der Waals surface area contributed by atoms with Crippen molar-refractivity contribution in [3.8, 4) is 0 Å². The van der Waals surface area contributed by atoms with E-state index >= 15 is 0 Å². The summed E-state index contributed by atoms with van der Waals surface area (Å²) >= 11 is 0. The van der Waals surface area contributed by atoms with Crippen LogP contribution in [0, 0.1) is 0 Å². The monoisotopic (exact) mass is 386 g/mol. The van der Waals surface area contributed by atoms with Crippen LogP contribution in [-0.2, 0) is 11.3 Å². The first-order chi connectivity index (χ1) is 13.7. The molecule has 28 heavy (non-hydrogen) atoms. The smallest absolute Gasteiger partial charge is 0.318 e. The maximum absolute atomic E-state index is 12.8. The van der Waals surface area contributed by atoms with Crippen LogP contribution < -0.4 is 5.32 Å². The predicted octanol–water partition coefficient (Wildman–Crippen LogP) is 2.14. The first-order valence-electron chi connectivity index (χ1n) is 9.43. The second kappa shape index (κ2) is 9.89. The summed E-state index contributed by atoms with van der Waals surface area (Å²) < 4.78 is 10.4. The molecule has 0 bridgehead atoms. The Balaban J connectivity index is 1.59. The number of carbonyl (C=O) groups is 2. The van der Waals surface area contributed by atoms with Gasteiger partial charge >= 0.3 is 6.03 Å². The molecule has 150 valence electrons. The Morgan fingerprint density at radius 1 is 1.36 bits per heavy atom. The molecule has 3 heterocycles. The highest BCUT2D eigenvalue weighted by Crippen LogP contribution is 2.15. The number of aromatic nitrogens is 1. The molecule has 3 amide bonds. The molecule has 0 saturated carbocycles. The summed E-state index contributed by atoms with van der Waals surface area (Å²) in [5, 5.41) is 3.07. The number of furan rings is 1. The van der Waals surface area contributed by atoms with Gasteiger partial charge in [-0.3, -0.25) is 9.78 Å². The van der Waals surface area contributed by atoms with Gasteiger partial charge in [0.1, 0.15) is 0 Å². The number of ether oxygens (including phenoxy) is 1. The number of hydrogen-bond donors (Lipinski definition) is 1. The van der Waals surface area contributed by atoms with Crippen LogP contribution in [0.15, 0.2) is 47.3 Å². The molecule has 0 radical (unpaired) electrons. The van der Waals surface area contributed by atoms with E-state index in [0.717, 1.165) is 18.4 Å². The SMILES string of the molecule is COCCN(Cc1ccncc1)C(=O)N[C@@H]1CCCN(C(=O)c2ccco2)C1. The van der Waals surface area contributed by atoms with Gasteiger partial charge in [-0.25, -0.2) is 4.79 Å². The van der Waals surface area contributed by atoms with Crippen molar-refractivity contribution in [2.75, 3.05) is 33.4 Å². The van der Waals surface area contributed by atoms with E-state index in [9.17, 15) is 9.59 Å². The van der Waals surface area contributed by atoms with Gasteiger partial charge in [0.2, 0.25) is 0 Å². The summed E-state index contributed by atoms with van der Waals surface area (Å²) in [6.45, 7) is 2.53. The molecule has 1 N–H and O–H groups in total. The molecule has 1 saturated heterocycles. The number of carbonyl (C=O) groups excluding carboxylic acids is 2. The molecule has 0 aromatic carbocycles. The molecule has 1 fully saturated rings. The van der Waals surface area contributed by atoms with Crippen molar-refractivity contribution in [1.82, 2.24) is 20.1 Å². The molecule has 0 aliphatic carbocycles. The van der Waals surface area contributed by atoms with Crippen molar-refractivity contribution in [2.24, 2.45) is 0 Å². The fourth-order valence-electron chi connectivity index (χ4n) is 3.26. The van der Waals surface area contributed by atoms with Crippen LogP contribution in [0.2, 0.25) is 0 Å². The number of nitrogens with one attached hydrogen (secondary N) is 1. The number of hydrogen-bond acceptors (Lipinski definition) is 5. The zero-order valence-electron chi connectivity index (χ0n) is 16.0. The second-order valence-corrected chi connectivity index (χ2v) is 6.79. The van der Waals surface area contributed by atoms with Gasteiger partial charge in [0.25, 0.3) is 5.91 Å². The van der Waals surface area contributed by atoms with E-state index in [1.165, 1.54) is 6.26 Å². The third-order valence-electron chi connectivity index (χ3n) is 4.74. The van der Waals surface area contributed by atoms with Gasteiger partial charge in [-0.1, -0.05) is 0 Å². The van der Waals surface area contributed by atoms with Crippen molar-refractivity contribution in [3.05, 3.63) is 54.2 Å². The zero-order chi connectivity index (χ0) is 19.8. The maximum Gasteiger partial charge on any atom is 0.318 e. The minimum absolute atomic E-state index is 0.0948. The molecule has 8 heteroatoms. The number of amides is 3. The second-order valence-electron chi connectivity index (χ2n) is 6.79. The Labute approximate surface area is 164 Å². The minimum Gasteiger partial charge on any atom is -0.459 e. The van der Waals surface area contributed by atoms with E-state index in [1.807, 2.05) is 12.1 Å². The number of pyridine rings is 1. The van der Waals surface area contributed by atoms with Gasteiger partial charge in [0, 0.05) is 51.7 Å². The molecule has 2 aromatic rings. The average molecular weight is 386 g/mol. The van der Waals surface area contributed by atoms with E-state index in [0.29, 0.717) is 38.5 Å². The Kier molecular flexibility index (Phi) is 7.02. The van der Waals surface area contributed by atoms with Crippen LogP contribution in [0.5, 0.6) is 0 Å². The number of urea groups is 1. The van der Waals surface area contributed by atoms with E-state index in [-0.39, 0.29) is 18.0 Å². The van der Waals surface area contributed by atoms with Crippen molar-refractivity contribution in [3.63, 3.8) is 0 Å². The Morgan fingerprint density at radius 3 is 2.89 bits per heavy atom. The molecule has 1 aliphatic heterocycles. The average Bonchev–Trinajstić information content (AvgIpc) is 3.26. The van der Waals surface area contributed by atoms with Crippen LogP contribution in [0.4, 0.5) is 4.79 Å². The number of nitrogens with zero attached hydrogens (tertiary/aromatic N) is 3. The molecule has 3 rings (SSSR count). The molecular weight excluding hydrogens is 360 g/mol. The first-order valence-corrected chi connectivity index (χ1v) is 9.43. The largest absolute Gasteiger partial charge is 0.459 e. The summed E-state index contributed by atoms with van der Waals surface area (Å²) in [6.07, 6.45) is 6.58. The summed E-state index contributed by atoms with van der Waals surface area (Å²) in [4.78, 5) is 32.8. The molecular formula is C20H26N4O4. The zero-order valence-corrected chi connectivity index (χ0v) is 16.0. The van der Waals surface area contributed by atoms with Crippen LogP contribution >= 0.6 is 0 Å². The lowest BCUT2D eigenvalue weighted by Crippen LogP contribution is -2.53. The first kappa shape index (κ1) is 19.9. The van der Waals surface area contributed by atoms with E-state index in [4.69, 9.17) is 9.15 Å². The Hall–Kier alpha value is -2.87. The van der Waals surface area contributed by atoms with Gasteiger partial charge in [0.15, 0.2) is 5.76 Å². The lowest BCUT2D eigenvalue weighted by molar-refractivity contribution is 0.0661. The Morgan fingerprint density at radius 2 is 2.18 bits per heavy atom. The normalized spacial score (nSPS) is 16.6. The Bertz CT molecular complexity index is 751. The number of piperidine rings is 1. The van der Waals surface area contributed by atoms with Crippen LogP contribution in [-0.4, -0.2) is 66.1 Å². The number of likely N-dealkylation sites (tertiary alicyclic amines) is 1. The molecule has 8 nitrogen and oxygen atoms in total. The molecule has 1 atom stereocenters. The van der Waals surface area contributed by atoms with Gasteiger partial charge in [-0.2, -0.15) is 0 Å². The van der Waals surface area contributed by atoms with Gasteiger partial charge in [-0.15, -0.1) is 0 Å². The fraction of sp³-hybridized carbons (Fsp3) is 0.450. The highest BCUT2D eigenvalue weighted by atomic mass is 16.5. The van der Waals surface area contributed by atoms with Gasteiger partial charge in [-0.05, 0) is 42.7 Å². The summed E-state index contributed by atoms with van der Waals surface area (Å²) in [5.41, 5.74) is 1.000. The standard InChI is InChI=1S/C20H26N4O4/c1-27-13-11-24(14-16-6-8-21-9-7-16)20(26)22-17-4-2-10-23(15-17)19(25)18-5-3-12-28-18/h3,5-9,12,17H,2,4,10-11,13-15H2,1H3,(H,22,26)/t17-/m1/s1. The van der Waals surface area contributed by atoms with E-state index < -0.39 is 0 Å². The minimum atomic E-state index is -0.161. The predicted molar refractivity (Wildman–Crippen MR) is 103 cm³/mol. The van der Waals surface area contributed by atoms with Crippen molar-refractivity contribution in [2.45, 2.75) is 25.4 Å². The highest BCUT2D eigenvalue weighted by Gasteiger charge is 2.27.